The minimum atomic E-state index is -0.144. The summed E-state index contributed by atoms with van der Waals surface area (Å²) in [5.74, 6) is 0.848. The van der Waals surface area contributed by atoms with E-state index in [-0.39, 0.29) is 18.5 Å². The number of nitrogens with two attached hydrogens (primary N) is 1. The maximum atomic E-state index is 12.4. The Morgan fingerprint density at radius 3 is 2.45 bits per heavy atom. The third-order valence-corrected chi connectivity index (χ3v) is 7.05. The van der Waals surface area contributed by atoms with Crippen molar-refractivity contribution in [1.82, 2.24) is 15.1 Å². The zero-order chi connectivity index (χ0) is 28.6. The largest absolute Gasteiger partial charge is 0.493 e. The van der Waals surface area contributed by atoms with Crippen LogP contribution in [0, 0.1) is 0 Å². The fourth-order valence-corrected chi connectivity index (χ4v) is 4.69. The number of amides is 1. The molecule has 0 aromatic heterocycles. The van der Waals surface area contributed by atoms with Crippen molar-refractivity contribution in [2.45, 2.75) is 45.6 Å². The van der Waals surface area contributed by atoms with Gasteiger partial charge >= 0.3 is 0 Å². The van der Waals surface area contributed by atoms with Crippen LogP contribution in [0.25, 0.3) is 11.1 Å². The Morgan fingerprint density at radius 1 is 1.02 bits per heavy atom. The molecule has 2 aromatic carbocycles. The summed E-state index contributed by atoms with van der Waals surface area (Å²) in [6, 6.07) is 14.9. The number of benzene rings is 2. The van der Waals surface area contributed by atoms with E-state index in [9.17, 15) is 4.79 Å². The predicted octanol–water partition coefficient (Wildman–Crippen LogP) is 3.04. The number of hydrogen-bond donors (Lipinski definition) is 3. The molecular weight excluding hydrogens is 506 g/mol. The third-order valence-electron chi connectivity index (χ3n) is 7.05. The summed E-state index contributed by atoms with van der Waals surface area (Å²) in [5, 5.41) is 11.8. The molecule has 0 atom stereocenters. The highest BCUT2D eigenvalue weighted by Crippen LogP contribution is 2.32. The van der Waals surface area contributed by atoms with E-state index in [1.807, 2.05) is 6.07 Å². The van der Waals surface area contributed by atoms with E-state index >= 15 is 0 Å². The van der Waals surface area contributed by atoms with Crippen molar-refractivity contribution in [2.75, 3.05) is 66.2 Å². The fraction of sp³-hybridized carbons (Fsp3) is 0.548. The first-order valence-electron chi connectivity index (χ1n) is 14.5. The van der Waals surface area contributed by atoms with Gasteiger partial charge < -0.3 is 20.3 Å². The molecule has 1 aliphatic heterocycles. The highest BCUT2D eigenvalue weighted by molar-refractivity contribution is 5.96. The van der Waals surface area contributed by atoms with Crippen LogP contribution >= 0.6 is 0 Å². The molecule has 1 saturated heterocycles. The average Bonchev–Trinajstić information content (AvgIpc) is 2.96. The number of nitrogens with one attached hydrogen (secondary N) is 1. The summed E-state index contributed by atoms with van der Waals surface area (Å²) in [5.41, 5.74) is 10.3. The fourth-order valence-electron chi connectivity index (χ4n) is 4.69. The van der Waals surface area contributed by atoms with Crippen LogP contribution < -0.4 is 15.8 Å². The number of aryl methyl sites for hydroxylation is 1. The molecule has 1 heterocycles. The Balaban J connectivity index is 1.62. The monoisotopic (exact) mass is 553 g/mol. The number of aliphatic hydroxyl groups is 1. The minimum Gasteiger partial charge on any atom is -0.493 e. The Hall–Kier alpha value is -2.98. The van der Waals surface area contributed by atoms with Crippen LogP contribution in [-0.2, 0) is 22.5 Å². The molecule has 1 aliphatic rings. The normalized spacial score (nSPS) is 14.8. The SMILES string of the molecule is CCCCN=C(N)NC(=O)CCc1ccc(-c2ccc(CN3CCN(CCO)CC3)cc2)c(OCCCOC)c1. The first-order valence-corrected chi connectivity index (χ1v) is 14.5. The molecule has 0 saturated carbocycles. The number of unbranched alkanes of at least 4 members (excludes halogenated alkanes) is 1. The van der Waals surface area contributed by atoms with Crippen LogP contribution in [0.2, 0.25) is 0 Å². The zero-order valence-corrected chi connectivity index (χ0v) is 24.2. The van der Waals surface area contributed by atoms with Crippen molar-refractivity contribution in [3.05, 3.63) is 53.6 Å². The number of nitrogens with zero attached hydrogens (tertiary/aromatic N) is 3. The summed E-state index contributed by atoms with van der Waals surface area (Å²) in [6.45, 7) is 9.82. The lowest BCUT2D eigenvalue weighted by molar-refractivity contribution is -0.119. The van der Waals surface area contributed by atoms with Crippen molar-refractivity contribution in [3.63, 3.8) is 0 Å². The molecule has 220 valence electrons. The standard InChI is InChI=1S/C31H47N5O4/c1-3-4-14-33-31(32)34-30(38)13-9-25-8-12-28(29(23-25)40-22-5-21-39-2)27-10-6-26(7-11-27)24-36-17-15-35(16-18-36)19-20-37/h6-8,10-12,23,37H,3-5,9,13-22,24H2,1-2H3,(H3,32,33,34,38). The number of guanidine groups is 1. The molecule has 9 nitrogen and oxygen atoms in total. The Kier molecular flexibility index (Phi) is 13.9. The van der Waals surface area contributed by atoms with Gasteiger partial charge in [0.2, 0.25) is 5.91 Å². The smallest absolute Gasteiger partial charge is 0.226 e. The number of hydrogen-bond acceptors (Lipinski definition) is 7. The zero-order valence-electron chi connectivity index (χ0n) is 24.2. The Morgan fingerprint density at radius 2 is 1.75 bits per heavy atom. The number of methoxy groups -OCH3 is 1. The van der Waals surface area contributed by atoms with Crippen LogP contribution in [0.3, 0.4) is 0 Å². The van der Waals surface area contributed by atoms with Crippen molar-refractivity contribution in [3.8, 4) is 16.9 Å². The minimum absolute atomic E-state index is 0.144. The van der Waals surface area contributed by atoms with Gasteiger partial charge in [0.15, 0.2) is 5.96 Å². The first-order chi connectivity index (χ1) is 19.5. The molecule has 1 amide bonds. The second-order valence-corrected chi connectivity index (χ2v) is 10.2. The number of aliphatic imine (C=N–C) groups is 1. The second kappa shape index (κ2) is 17.7. The Bertz CT molecular complexity index is 1050. The van der Waals surface area contributed by atoms with E-state index in [1.165, 1.54) is 5.56 Å². The van der Waals surface area contributed by atoms with E-state index in [4.69, 9.17) is 20.3 Å². The van der Waals surface area contributed by atoms with Crippen molar-refractivity contribution < 1.29 is 19.4 Å². The molecule has 0 spiro atoms. The van der Waals surface area contributed by atoms with Crippen LogP contribution in [-0.4, -0.2) is 93.0 Å². The van der Waals surface area contributed by atoms with Crippen LogP contribution in [0.4, 0.5) is 0 Å². The van der Waals surface area contributed by atoms with Crippen LogP contribution in [0.15, 0.2) is 47.5 Å². The van der Waals surface area contributed by atoms with E-state index in [0.29, 0.717) is 32.6 Å². The van der Waals surface area contributed by atoms with Crippen molar-refractivity contribution in [2.24, 2.45) is 10.7 Å². The summed E-state index contributed by atoms with van der Waals surface area (Å²) in [7, 11) is 1.69. The number of rotatable bonds is 16. The molecule has 3 rings (SSSR count). The van der Waals surface area contributed by atoms with E-state index < -0.39 is 0 Å². The summed E-state index contributed by atoms with van der Waals surface area (Å²) in [6.07, 6.45) is 3.67. The van der Waals surface area contributed by atoms with Gasteiger partial charge in [-0.2, -0.15) is 0 Å². The van der Waals surface area contributed by atoms with Gasteiger partial charge in [-0.25, -0.2) is 0 Å². The summed E-state index contributed by atoms with van der Waals surface area (Å²) >= 11 is 0. The predicted molar refractivity (Wildman–Crippen MR) is 161 cm³/mol. The molecule has 40 heavy (non-hydrogen) atoms. The number of ether oxygens (including phenoxy) is 2. The molecular formula is C31H47N5O4. The topological polar surface area (TPSA) is 113 Å². The van der Waals surface area contributed by atoms with Gasteiger partial charge in [-0.15, -0.1) is 0 Å². The maximum absolute atomic E-state index is 12.4. The highest BCUT2D eigenvalue weighted by Gasteiger charge is 2.17. The lowest BCUT2D eigenvalue weighted by Crippen LogP contribution is -2.46. The van der Waals surface area contributed by atoms with Crippen LogP contribution in [0.1, 0.15) is 43.7 Å². The van der Waals surface area contributed by atoms with E-state index in [0.717, 1.165) is 81.0 Å². The first kappa shape index (κ1) is 31.5. The molecule has 9 heteroatoms. The summed E-state index contributed by atoms with van der Waals surface area (Å²) < 4.78 is 11.4. The molecule has 0 aliphatic carbocycles. The van der Waals surface area contributed by atoms with Crippen molar-refractivity contribution >= 4 is 11.9 Å². The van der Waals surface area contributed by atoms with Gasteiger partial charge in [0.25, 0.3) is 0 Å². The quantitative estimate of drug-likeness (QED) is 0.166. The molecule has 0 bridgehead atoms. The van der Waals surface area contributed by atoms with Gasteiger partial charge in [-0.05, 0) is 35.6 Å². The average molecular weight is 554 g/mol. The number of piperazine rings is 1. The molecule has 0 unspecified atom stereocenters. The van der Waals surface area contributed by atoms with Gasteiger partial charge in [0, 0.05) is 77.9 Å². The number of β-amino-alcohol motifs (C(OH)–C–C–N with tert-alkyl or cyclic N) is 1. The van der Waals surface area contributed by atoms with Crippen LogP contribution in [0.5, 0.6) is 5.75 Å². The molecule has 2 aromatic rings. The third kappa shape index (κ3) is 10.9. The number of aliphatic hydroxyl groups excluding tert-OH is 1. The van der Waals surface area contributed by atoms with Crippen molar-refractivity contribution in [1.29, 1.82) is 0 Å². The molecule has 0 radical (unpaired) electrons. The van der Waals surface area contributed by atoms with Gasteiger partial charge in [0.05, 0.1) is 13.2 Å². The molecule has 4 N–H and O–H groups in total. The van der Waals surface area contributed by atoms with Gasteiger partial charge in [-0.3, -0.25) is 24.9 Å². The lowest BCUT2D eigenvalue weighted by atomic mass is 9.99. The Labute approximate surface area is 239 Å². The van der Waals surface area contributed by atoms with E-state index in [1.54, 1.807) is 7.11 Å². The highest BCUT2D eigenvalue weighted by atomic mass is 16.5. The number of carbonyl (C=O) groups excluding carboxylic acids is 1. The van der Waals surface area contributed by atoms with Gasteiger partial charge in [-0.1, -0.05) is 49.7 Å². The molecule has 1 fully saturated rings. The van der Waals surface area contributed by atoms with E-state index in [2.05, 4.69) is 63.4 Å². The van der Waals surface area contributed by atoms with Gasteiger partial charge in [0.1, 0.15) is 5.75 Å². The number of carbonyl (C=O) groups is 1. The lowest BCUT2D eigenvalue weighted by Gasteiger charge is -2.34. The maximum Gasteiger partial charge on any atom is 0.226 e. The second-order valence-electron chi connectivity index (χ2n) is 10.2. The summed E-state index contributed by atoms with van der Waals surface area (Å²) in [4.78, 5) is 21.3.